The normalized spacial score (nSPS) is 12.7. The van der Waals surface area contributed by atoms with Gasteiger partial charge in [0, 0.05) is 18.8 Å². The molecule has 1 aromatic carbocycles. The zero-order chi connectivity index (χ0) is 15.4. The number of benzene rings is 1. The molecule has 1 aromatic rings. The summed E-state index contributed by atoms with van der Waals surface area (Å²) in [6, 6.07) is 5.65. The van der Waals surface area contributed by atoms with Crippen molar-refractivity contribution in [1.29, 1.82) is 0 Å². The molecule has 0 aliphatic heterocycles. The zero-order valence-electron chi connectivity index (χ0n) is 11.2. The molecule has 0 aliphatic rings. The molecule has 8 heteroatoms. The van der Waals surface area contributed by atoms with E-state index in [2.05, 4.69) is 5.32 Å². The molecule has 0 bridgehead atoms. The van der Waals surface area contributed by atoms with Crippen LogP contribution in [0.1, 0.15) is 13.8 Å². The van der Waals surface area contributed by atoms with E-state index in [1.165, 1.54) is 31.2 Å². The topological polar surface area (TPSA) is 49.4 Å². The number of nitrogens with zero attached hydrogens (tertiary/aromatic N) is 1. The van der Waals surface area contributed by atoms with Gasteiger partial charge in [0.25, 0.3) is 0 Å². The Bertz CT molecular complexity index is 527. The standard InChI is InChI=1S/C12H17F3N2O2S/c1-3-16-10-5-7-11(8-6-10)20(18,19)17(4-2)9-12(13,14)15/h5-8,16H,3-4,9H2,1-2H3. The van der Waals surface area contributed by atoms with Crippen molar-refractivity contribution in [2.75, 3.05) is 25.0 Å². The Hall–Kier alpha value is -1.28. The van der Waals surface area contributed by atoms with Crippen molar-refractivity contribution >= 4 is 15.7 Å². The van der Waals surface area contributed by atoms with E-state index >= 15 is 0 Å². The van der Waals surface area contributed by atoms with E-state index in [0.717, 1.165) is 0 Å². The van der Waals surface area contributed by atoms with E-state index < -0.39 is 22.7 Å². The monoisotopic (exact) mass is 310 g/mol. The molecule has 0 saturated heterocycles. The van der Waals surface area contributed by atoms with Crippen molar-refractivity contribution in [1.82, 2.24) is 4.31 Å². The third kappa shape index (κ3) is 4.38. The third-order valence-corrected chi connectivity index (χ3v) is 4.52. The van der Waals surface area contributed by atoms with Crippen LogP contribution in [0, 0.1) is 0 Å². The Morgan fingerprint density at radius 1 is 1.15 bits per heavy atom. The van der Waals surface area contributed by atoms with Crippen molar-refractivity contribution < 1.29 is 21.6 Å². The lowest BCUT2D eigenvalue weighted by Crippen LogP contribution is -2.38. The molecule has 0 spiro atoms. The minimum atomic E-state index is -4.56. The number of rotatable bonds is 6. The summed E-state index contributed by atoms with van der Waals surface area (Å²) >= 11 is 0. The van der Waals surface area contributed by atoms with Gasteiger partial charge in [0.15, 0.2) is 0 Å². The number of hydrogen-bond donors (Lipinski definition) is 1. The fraction of sp³-hybridized carbons (Fsp3) is 0.500. The van der Waals surface area contributed by atoms with Crippen molar-refractivity contribution in [2.24, 2.45) is 0 Å². The molecule has 4 nitrogen and oxygen atoms in total. The second kappa shape index (κ2) is 6.45. The number of alkyl halides is 3. The Morgan fingerprint density at radius 3 is 2.10 bits per heavy atom. The highest BCUT2D eigenvalue weighted by molar-refractivity contribution is 7.89. The maximum atomic E-state index is 12.4. The summed E-state index contributed by atoms with van der Waals surface area (Å²) in [6.45, 7) is 2.20. The summed E-state index contributed by atoms with van der Waals surface area (Å²) in [7, 11) is -4.13. The summed E-state index contributed by atoms with van der Waals surface area (Å²) in [5, 5.41) is 2.98. The van der Waals surface area contributed by atoms with Crippen LogP contribution in [-0.2, 0) is 10.0 Å². The molecule has 0 atom stereocenters. The van der Waals surface area contributed by atoms with Crippen LogP contribution in [0.25, 0.3) is 0 Å². The SMILES string of the molecule is CCNc1ccc(S(=O)(=O)N(CC)CC(F)(F)F)cc1. The fourth-order valence-electron chi connectivity index (χ4n) is 1.66. The van der Waals surface area contributed by atoms with Crippen LogP contribution in [0.5, 0.6) is 0 Å². The Morgan fingerprint density at radius 2 is 1.70 bits per heavy atom. The quantitative estimate of drug-likeness (QED) is 0.879. The highest BCUT2D eigenvalue weighted by Gasteiger charge is 2.36. The molecule has 0 saturated carbocycles. The Balaban J connectivity index is 3.01. The van der Waals surface area contributed by atoms with Gasteiger partial charge in [-0.2, -0.15) is 17.5 Å². The zero-order valence-corrected chi connectivity index (χ0v) is 12.1. The van der Waals surface area contributed by atoms with Crippen LogP contribution in [-0.4, -0.2) is 38.5 Å². The van der Waals surface area contributed by atoms with Crippen LogP contribution in [0.15, 0.2) is 29.2 Å². The molecule has 0 aliphatic carbocycles. The van der Waals surface area contributed by atoms with E-state index in [-0.39, 0.29) is 11.4 Å². The van der Waals surface area contributed by atoms with Crippen LogP contribution in [0.4, 0.5) is 18.9 Å². The number of hydrogen-bond acceptors (Lipinski definition) is 3. The van der Waals surface area contributed by atoms with Gasteiger partial charge in [-0.05, 0) is 31.2 Å². The minimum absolute atomic E-state index is 0.148. The largest absolute Gasteiger partial charge is 0.402 e. The summed E-state index contributed by atoms with van der Waals surface area (Å²) in [5.41, 5.74) is 0.713. The van der Waals surface area contributed by atoms with Crippen molar-refractivity contribution in [3.8, 4) is 0 Å². The lowest BCUT2D eigenvalue weighted by molar-refractivity contribution is -0.135. The number of halogens is 3. The van der Waals surface area contributed by atoms with Gasteiger partial charge >= 0.3 is 6.18 Å². The van der Waals surface area contributed by atoms with E-state index in [4.69, 9.17) is 0 Å². The summed E-state index contributed by atoms with van der Waals surface area (Å²) in [4.78, 5) is -0.148. The third-order valence-electron chi connectivity index (χ3n) is 2.58. The maximum Gasteiger partial charge on any atom is 0.402 e. The molecular formula is C12H17F3N2O2S. The summed E-state index contributed by atoms with van der Waals surface area (Å²) in [5.74, 6) is 0. The highest BCUT2D eigenvalue weighted by Crippen LogP contribution is 2.23. The maximum absolute atomic E-state index is 12.4. The van der Waals surface area contributed by atoms with E-state index in [0.29, 0.717) is 16.5 Å². The first-order chi connectivity index (χ1) is 9.20. The minimum Gasteiger partial charge on any atom is -0.385 e. The Kier molecular flexibility index (Phi) is 5.41. The van der Waals surface area contributed by atoms with Gasteiger partial charge in [-0.3, -0.25) is 0 Å². The predicted octanol–water partition coefficient (Wildman–Crippen LogP) is 2.69. The first-order valence-corrected chi connectivity index (χ1v) is 7.55. The molecular weight excluding hydrogens is 293 g/mol. The van der Waals surface area contributed by atoms with Gasteiger partial charge in [-0.25, -0.2) is 8.42 Å². The van der Waals surface area contributed by atoms with Gasteiger partial charge in [-0.1, -0.05) is 6.92 Å². The molecule has 0 heterocycles. The molecule has 114 valence electrons. The van der Waals surface area contributed by atoms with E-state index in [1.807, 2.05) is 6.92 Å². The van der Waals surface area contributed by atoms with Crippen molar-refractivity contribution in [3.63, 3.8) is 0 Å². The molecule has 0 aromatic heterocycles. The molecule has 0 unspecified atom stereocenters. The first kappa shape index (κ1) is 16.8. The average Bonchev–Trinajstić information content (AvgIpc) is 2.36. The van der Waals surface area contributed by atoms with E-state index in [1.54, 1.807) is 0 Å². The second-order valence-electron chi connectivity index (χ2n) is 4.10. The van der Waals surface area contributed by atoms with E-state index in [9.17, 15) is 21.6 Å². The first-order valence-electron chi connectivity index (χ1n) is 6.11. The van der Waals surface area contributed by atoms with Gasteiger partial charge in [-0.15, -0.1) is 0 Å². The second-order valence-corrected chi connectivity index (χ2v) is 6.04. The number of anilines is 1. The molecule has 1 rings (SSSR count). The number of sulfonamides is 1. The van der Waals surface area contributed by atoms with Gasteiger partial charge in [0.05, 0.1) is 4.90 Å². The van der Waals surface area contributed by atoms with Gasteiger partial charge < -0.3 is 5.32 Å². The van der Waals surface area contributed by atoms with Crippen LogP contribution >= 0.6 is 0 Å². The lowest BCUT2D eigenvalue weighted by atomic mass is 10.3. The number of nitrogens with one attached hydrogen (secondary N) is 1. The van der Waals surface area contributed by atoms with Crippen molar-refractivity contribution in [3.05, 3.63) is 24.3 Å². The molecule has 0 radical (unpaired) electrons. The molecule has 0 fully saturated rings. The lowest BCUT2D eigenvalue weighted by Gasteiger charge is -2.21. The van der Waals surface area contributed by atoms with Crippen LogP contribution < -0.4 is 5.32 Å². The molecule has 0 amide bonds. The fourth-order valence-corrected chi connectivity index (χ4v) is 3.10. The Labute approximate surface area is 116 Å². The molecule has 20 heavy (non-hydrogen) atoms. The predicted molar refractivity (Wildman–Crippen MR) is 71.1 cm³/mol. The van der Waals surface area contributed by atoms with Gasteiger partial charge in [0.1, 0.15) is 6.54 Å². The van der Waals surface area contributed by atoms with Crippen molar-refractivity contribution in [2.45, 2.75) is 24.9 Å². The molecule has 1 N–H and O–H groups in total. The highest BCUT2D eigenvalue weighted by atomic mass is 32.2. The average molecular weight is 310 g/mol. The van der Waals surface area contributed by atoms with Crippen LogP contribution in [0.3, 0.4) is 0 Å². The summed E-state index contributed by atoms with van der Waals surface area (Å²) < 4.78 is 61.8. The van der Waals surface area contributed by atoms with Crippen LogP contribution in [0.2, 0.25) is 0 Å². The smallest absolute Gasteiger partial charge is 0.385 e. The van der Waals surface area contributed by atoms with Gasteiger partial charge in [0.2, 0.25) is 10.0 Å². The summed E-state index contributed by atoms with van der Waals surface area (Å²) in [6.07, 6.45) is -4.56.